The van der Waals surface area contributed by atoms with Gasteiger partial charge in [0, 0.05) is 0 Å². The van der Waals surface area contributed by atoms with Crippen molar-refractivity contribution in [2.75, 3.05) is 0 Å². The molecule has 2 heteroatoms. The molecule has 0 fully saturated rings. The fourth-order valence-electron chi connectivity index (χ4n) is 1.94. The summed E-state index contributed by atoms with van der Waals surface area (Å²) in [6, 6.07) is 17.4. The topological polar surface area (TPSA) is 37.3 Å². The van der Waals surface area contributed by atoms with Crippen LogP contribution >= 0.6 is 0 Å². The molecule has 2 aromatic rings. The third-order valence-corrected chi connectivity index (χ3v) is 3.23. The minimum Gasteiger partial charge on any atom is -0.481 e. The zero-order chi connectivity index (χ0) is 13.8. The molecule has 0 amide bonds. The minimum atomic E-state index is -0.817. The maximum Gasteiger partial charge on any atom is 0.310 e. The van der Waals surface area contributed by atoms with E-state index in [1.165, 1.54) is 0 Å². The van der Waals surface area contributed by atoms with E-state index in [0.717, 1.165) is 22.3 Å². The largest absolute Gasteiger partial charge is 0.481 e. The molecule has 0 heterocycles. The van der Waals surface area contributed by atoms with Crippen LogP contribution in [0.5, 0.6) is 0 Å². The number of carboxylic acids is 1. The fourth-order valence-corrected chi connectivity index (χ4v) is 1.94. The standard InChI is InChI=1S/C17H16O2/c1-12(14-7-4-3-5-8-14)15-9-6-10-16(11-15)13(2)17(18)19/h3-11,13H,1H2,2H3,(H,18,19)/t13-/m0/s1. The summed E-state index contributed by atoms with van der Waals surface area (Å²) in [6.07, 6.45) is 0. The van der Waals surface area contributed by atoms with Gasteiger partial charge in [0.25, 0.3) is 0 Å². The second kappa shape index (κ2) is 5.53. The third kappa shape index (κ3) is 2.91. The van der Waals surface area contributed by atoms with Crippen molar-refractivity contribution < 1.29 is 9.90 Å². The molecule has 0 aromatic heterocycles. The van der Waals surface area contributed by atoms with Gasteiger partial charge >= 0.3 is 5.97 Å². The summed E-state index contributed by atoms with van der Waals surface area (Å²) in [5.41, 5.74) is 3.70. The lowest BCUT2D eigenvalue weighted by molar-refractivity contribution is -0.138. The van der Waals surface area contributed by atoms with Crippen molar-refractivity contribution in [3.8, 4) is 0 Å². The molecule has 0 aliphatic carbocycles. The zero-order valence-corrected chi connectivity index (χ0v) is 10.8. The summed E-state index contributed by atoms with van der Waals surface area (Å²) in [7, 11) is 0. The number of benzene rings is 2. The third-order valence-electron chi connectivity index (χ3n) is 3.23. The fraction of sp³-hybridized carbons (Fsp3) is 0.118. The quantitative estimate of drug-likeness (QED) is 0.895. The van der Waals surface area contributed by atoms with Gasteiger partial charge in [0.2, 0.25) is 0 Å². The monoisotopic (exact) mass is 252 g/mol. The maximum atomic E-state index is 11.0. The molecule has 96 valence electrons. The first-order valence-electron chi connectivity index (χ1n) is 6.17. The van der Waals surface area contributed by atoms with Crippen LogP contribution in [0, 0.1) is 0 Å². The number of hydrogen-bond donors (Lipinski definition) is 1. The molecule has 2 nitrogen and oxygen atoms in total. The molecule has 19 heavy (non-hydrogen) atoms. The molecular formula is C17H16O2. The predicted octanol–water partition coefficient (Wildman–Crippen LogP) is 3.94. The Morgan fingerprint density at radius 1 is 1.05 bits per heavy atom. The molecule has 0 spiro atoms. The van der Waals surface area contributed by atoms with Gasteiger partial charge in [0.1, 0.15) is 0 Å². The predicted molar refractivity (Wildman–Crippen MR) is 77.1 cm³/mol. The van der Waals surface area contributed by atoms with Crippen molar-refractivity contribution in [2.45, 2.75) is 12.8 Å². The number of rotatable bonds is 4. The van der Waals surface area contributed by atoms with E-state index in [0.29, 0.717) is 0 Å². The first kappa shape index (κ1) is 13.1. The zero-order valence-electron chi connectivity index (χ0n) is 10.8. The summed E-state index contributed by atoms with van der Waals surface area (Å²) in [5.74, 6) is -1.33. The van der Waals surface area contributed by atoms with Crippen LogP contribution in [-0.4, -0.2) is 11.1 Å². The molecule has 0 saturated carbocycles. The smallest absolute Gasteiger partial charge is 0.310 e. The van der Waals surface area contributed by atoms with Gasteiger partial charge < -0.3 is 5.11 Å². The van der Waals surface area contributed by atoms with E-state index in [9.17, 15) is 4.79 Å². The van der Waals surface area contributed by atoms with Crippen LogP contribution in [-0.2, 0) is 4.79 Å². The van der Waals surface area contributed by atoms with Crippen LogP contribution in [0.25, 0.3) is 5.57 Å². The van der Waals surface area contributed by atoms with Crippen LogP contribution < -0.4 is 0 Å². The second-order valence-corrected chi connectivity index (χ2v) is 4.53. The SMILES string of the molecule is C=C(c1ccccc1)c1cccc([C@H](C)C(=O)O)c1. The van der Waals surface area contributed by atoms with Gasteiger partial charge in [-0.1, -0.05) is 61.2 Å². The summed E-state index contributed by atoms with van der Waals surface area (Å²) in [4.78, 5) is 11.0. The summed E-state index contributed by atoms with van der Waals surface area (Å²) >= 11 is 0. The van der Waals surface area contributed by atoms with Crippen molar-refractivity contribution in [2.24, 2.45) is 0 Å². The van der Waals surface area contributed by atoms with Gasteiger partial charge in [-0.15, -0.1) is 0 Å². The van der Waals surface area contributed by atoms with Crippen LogP contribution in [0.4, 0.5) is 0 Å². The van der Waals surface area contributed by atoms with E-state index < -0.39 is 11.9 Å². The van der Waals surface area contributed by atoms with Gasteiger partial charge in [-0.05, 0) is 29.2 Å². The minimum absolute atomic E-state index is 0.511. The Labute approximate surface area is 113 Å². The Hall–Kier alpha value is -2.35. The van der Waals surface area contributed by atoms with Crippen molar-refractivity contribution in [3.05, 3.63) is 77.9 Å². The van der Waals surface area contributed by atoms with Crippen molar-refractivity contribution >= 4 is 11.5 Å². The Morgan fingerprint density at radius 3 is 2.32 bits per heavy atom. The molecule has 0 saturated heterocycles. The molecule has 2 rings (SSSR count). The number of hydrogen-bond acceptors (Lipinski definition) is 1. The van der Waals surface area contributed by atoms with E-state index in [1.54, 1.807) is 6.92 Å². The molecule has 0 aliphatic heterocycles. The van der Waals surface area contributed by atoms with Crippen LogP contribution in [0.15, 0.2) is 61.2 Å². The average Bonchev–Trinajstić information content (AvgIpc) is 2.46. The van der Waals surface area contributed by atoms with Crippen LogP contribution in [0.1, 0.15) is 29.5 Å². The van der Waals surface area contributed by atoms with E-state index in [-0.39, 0.29) is 0 Å². The highest BCUT2D eigenvalue weighted by atomic mass is 16.4. The normalized spacial score (nSPS) is 11.8. The van der Waals surface area contributed by atoms with Gasteiger partial charge in [-0.3, -0.25) is 4.79 Å². The molecule has 0 unspecified atom stereocenters. The lowest BCUT2D eigenvalue weighted by Crippen LogP contribution is -2.07. The van der Waals surface area contributed by atoms with Crippen molar-refractivity contribution in [3.63, 3.8) is 0 Å². The highest BCUT2D eigenvalue weighted by Crippen LogP contribution is 2.24. The first-order chi connectivity index (χ1) is 9.09. The number of carbonyl (C=O) groups is 1. The van der Waals surface area contributed by atoms with E-state index >= 15 is 0 Å². The summed E-state index contributed by atoms with van der Waals surface area (Å²) < 4.78 is 0. The lowest BCUT2D eigenvalue weighted by atomic mass is 9.94. The number of aliphatic carboxylic acids is 1. The van der Waals surface area contributed by atoms with Gasteiger partial charge in [-0.2, -0.15) is 0 Å². The number of carboxylic acid groups (broad SMARTS) is 1. The average molecular weight is 252 g/mol. The van der Waals surface area contributed by atoms with Crippen molar-refractivity contribution in [1.82, 2.24) is 0 Å². The molecule has 0 aliphatic rings. The first-order valence-corrected chi connectivity index (χ1v) is 6.17. The Morgan fingerprint density at radius 2 is 1.68 bits per heavy atom. The van der Waals surface area contributed by atoms with E-state index in [1.807, 2.05) is 54.6 Å². The maximum absolute atomic E-state index is 11.0. The second-order valence-electron chi connectivity index (χ2n) is 4.53. The summed E-state index contributed by atoms with van der Waals surface area (Å²) in [5, 5.41) is 9.06. The van der Waals surface area contributed by atoms with Gasteiger partial charge in [0.05, 0.1) is 5.92 Å². The van der Waals surface area contributed by atoms with Crippen LogP contribution in [0.3, 0.4) is 0 Å². The molecule has 0 bridgehead atoms. The Bertz CT molecular complexity index is 600. The lowest BCUT2D eigenvalue weighted by Gasteiger charge is -2.11. The highest BCUT2D eigenvalue weighted by molar-refractivity contribution is 5.80. The molecular weight excluding hydrogens is 236 g/mol. The molecule has 0 radical (unpaired) electrons. The molecule has 2 aromatic carbocycles. The molecule has 1 N–H and O–H groups in total. The molecule has 1 atom stereocenters. The van der Waals surface area contributed by atoms with Gasteiger partial charge in [0.15, 0.2) is 0 Å². The van der Waals surface area contributed by atoms with E-state index in [2.05, 4.69) is 6.58 Å². The summed E-state index contributed by atoms with van der Waals surface area (Å²) in [6.45, 7) is 5.78. The highest BCUT2D eigenvalue weighted by Gasteiger charge is 2.14. The van der Waals surface area contributed by atoms with E-state index in [4.69, 9.17) is 5.11 Å². The van der Waals surface area contributed by atoms with Gasteiger partial charge in [-0.25, -0.2) is 0 Å². The van der Waals surface area contributed by atoms with Crippen LogP contribution in [0.2, 0.25) is 0 Å². The Kier molecular flexibility index (Phi) is 3.81. The van der Waals surface area contributed by atoms with Crippen molar-refractivity contribution in [1.29, 1.82) is 0 Å². The Balaban J connectivity index is 2.34.